The molecule has 94 valence electrons. The van der Waals surface area contributed by atoms with Crippen LogP contribution in [0.5, 0.6) is 0 Å². The van der Waals surface area contributed by atoms with Crippen molar-refractivity contribution >= 4 is 0 Å². The molecule has 2 N–H and O–H groups in total. The fraction of sp³-hybridized carbons (Fsp3) is 0.600. The molecule has 2 rings (SSSR count). The van der Waals surface area contributed by atoms with Crippen molar-refractivity contribution in [3.8, 4) is 0 Å². The number of hydrogen-bond donors (Lipinski definition) is 2. The molecule has 0 aliphatic heterocycles. The topological polar surface area (TPSA) is 40.5 Å². The molecule has 0 amide bonds. The van der Waals surface area contributed by atoms with E-state index in [-0.39, 0.29) is 18.1 Å². The quantitative estimate of drug-likeness (QED) is 0.822. The van der Waals surface area contributed by atoms with Crippen LogP contribution in [-0.4, -0.2) is 22.9 Å². The first-order chi connectivity index (χ1) is 8.27. The van der Waals surface area contributed by atoms with E-state index in [1.165, 1.54) is 5.56 Å². The average Bonchev–Trinajstić information content (AvgIpc) is 2.73. The molecule has 1 saturated carbocycles. The number of benzene rings is 1. The molecule has 2 nitrogen and oxygen atoms in total. The predicted octanol–water partition coefficient (Wildman–Crippen LogP) is 2.53. The van der Waals surface area contributed by atoms with Crippen LogP contribution in [0.25, 0.3) is 0 Å². The van der Waals surface area contributed by atoms with E-state index in [2.05, 4.69) is 24.3 Å². The lowest BCUT2D eigenvalue weighted by molar-refractivity contribution is -0.000857. The fourth-order valence-corrected chi connectivity index (χ4v) is 2.96. The molecular weight excluding hydrogens is 212 g/mol. The van der Waals surface area contributed by atoms with Crippen molar-refractivity contribution in [3.05, 3.63) is 35.9 Å². The molecule has 1 aliphatic rings. The van der Waals surface area contributed by atoms with Gasteiger partial charge in [0.1, 0.15) is 0 Å². The van der Waals surface area contributed by atoms with Gasteiger partial charge in [0, 0.05) is 5.41 Å². The summed E-state index contributed by atoms with van der Waals surface area (Å²) in [5.41, 5.74) is 1.13. The Balaban J connectivity index is 1.85. The van der Waals surface area contributed by atoms with Gasteiger partial charge in [0.05, 0.1) is 12.7 Å². The molecule has 1 aromatic carbocycles. The second-order valence-corrected chi connectivity index (χ2v) is 5.27. The summed E-state index contributed by atoms with van der Waals surface area (Å²) in [6, 6.07) is 10.4. The maximum Gasteiger partial charge on any atom is 0.0618 e. The summed E-state index contributed by atoms with van der Waals surface area (Å²) in [7, 11) is 0. The van der Waals surface area contributed by atoms with Crippen molar-refractivity contribution in [2.45, 2.75) is 44.6 Å². The summed E-state index contributed by atoms with van der Waals surface area (Å²) in [6.07, 6.45) is 5.58. The van der Waals surface area contributed by atoms with Crippen LogP contribution in [0.15, 0.2) is 30.3 Å². The lowest BCUT2D eigenvalue weighted by Crippen LogP contribution is -2.33. The molecule has 1 fully saturated rings. The first kappa shape index (κ1) is 12.6. The van der Waals surface area contributed by atoms with Crippen molar-refractivity contribution in [2.24, 2.45) is 5.41 Å². The highest BCUT2D eigenvalue weighted by atomic mass is 16.3. The smallest absolute Gasteiger partial charge is 0.0618 e. The third-order valence-corrected chi connectivity index (χ3v) is 4.16. The number of rotatable bonds is 5. The van der Waals surface area contributed by atoms with Gasteiger partial charge in [-0.15, -0.1) is 0 Å². The Morgan fingerprint density at radius 3 is 2.59 bits per heavy atom. The third kappa shape index (κ3) is 2.88. The minimum atomic E-state index is -0.303. The lowest BCUT2D eigenvalue weighted by atomic mass is 9.79. The van der Waals surface area contributed by atoms with Crippen LogP contribution >= 0.6 is 0 Å². The lowest BCUT2D eigenvalue weighted by Gasteiger charge is -2.30. The fourth-order valence-electron chi connectivity index (χ4n) is 2.96. The maximum atomic E-state index is 9.98. The Kier molecular flexibility index (Phi) is 4.19. The van der Waals surface area contributed by atoms with Crippen molar-refractivity contribution < 1.29 is 10.2 Å². The summed E-state index contributed by atoms with van der Waals surface area (Å²) in [5, 5.41) is 19.5. The molecule has 1 aliphatic carbocycles. The molecule has 2 unspecified atom stereocenters. The van der Waals surface area contributed by atoms with E-state index in [0.29, 0.717) is 0 Å². The molecule has 17 heavy (non-hydrogen) atoms. The van der Waals surface area contributed by atoms with Crippen LogP contribution in [0.2, 0.25) is 0 Å². The van der Waals surface area contributed by atoms with Crippen LogP contribution in [0, 0.1) is 5.41 Å². The van der Waals surface area contributed by atoms with Crippen LogP contribution < -0.4 is 0 Å². The Morgan fingerprint density at radius 1 is 1.24 bits per heavy atom. The number of aliphatic hydroxyl groups excluding tert-OH is 2. The van der Waals surface area contributed by atoms with Gasteiger partial charge >= 0.3 is 0 Å². The van der Waals surface area contributed by atoms with Gasteiger partial charge in [-0.3, -0.25) is 0 Å². The van der Waals surface area contributed by atoms with E-state index in [1.54, 1.807) is 0 Å². The molecule has 2 heteroatoms. The third-order valence-electron chi connectivity index (χ3n) is 4.16. The summed E-state index contributed by atoms with van der Waals surface area (Å²) in [6.45, 7) is 0.128. The van der Waals surface area contributed by atoms with E-state index < -0.39 is 0 Å². The Labute approximate surface area is 103 Å². The minimum absolute atomic E-state index is 0.128. The van der Waals surface area contributed by atoms with Gasteiger partial charge in [-0.2, -0.15) is 0 Å². The summed E-state index contributed by atoms with van der Waals surface area (Å²) in [4.78, 5) is 0. The minimum Gasteiger partial charge on any atom is -0.396 e. The molecule has 0 bridgehead atoms. The van der Waals surface area contributed by atoms with Gasteiger partial charge in [0.2, 0.25) is 0 Å². The molecule has 2 atom stereocenters. The maximum absolute atomic E-state index is 9.98. The predicted molar refractivity (Wildman–Crippen MR) is 68.8 cm³/mol. The summed E-state index contributed by atoms with van der Waals surface area (Å²) < 4.78 is 0. The SMILES string of the molecule is OCC1(CCCc2ccccc2)CCCC1O. The van der Waals surface area contributed by atoms with Gasteiger partial charge in [-0.05, 0) is 37.7 Å². The van der Waals surface area contributed by atoms with Gasteiger partial charge in [0.25, 0.3) is 0 Å². The van der Waals surface area contributed by atoms with Gasteiger partial charge in [-0.1, -0.05) is 36.8 Å². The molecular formula is C15H22O2. The summed E-state index contributed by atoms with van der Waals surface area (Å²) in [5.74, 6) is 0. The highest BCUT2D eigenvalue weighted by Crippen LogP contribution is 2.42. The molecule has 1 aromatic rings. The van der Waals surface area contributed by atoms with E-state index in [4.69, 9.17) is 0 Å². The van der Waals surface area contributed by atoms with Crippen LogP contribution in [0.3, 0.4) is 0 Å². The highest BCUT2D eigenvalue weighted by Gasteiger charge is 2.40. The molecule has 0 saturated heterocycles. The van der Waals surface area contributed by atoms with E-state index >= 15 is 0 Å². The van der Waals surface area contributed by atoms with Crippen molar-refractivity contribution in [3.63, 3.8) is 0 Å². The van der Waals surface area contributed by atoms with Crippen molar-refractivity contribution in [1.82, 2.24) is 0 Å². The number of hydrogen-bond acceptors (Lipinski definition) is 2. The van der Waals surface area contributed by atoms with E-state index in [1.807, 2.05) is 6.07 Å². The van der Waals surface area contributed by atoms with Crippen molar-refractivity contribution in [2.75, 3.05) is 6.61 Å². The van der Waals surface area contributed by atoms with Crippen LogP contribution in [0.4, 0.5) is 0 Å². The Hall–Kier alpha value is -0.860. The van der Waals surface area contributed by atoms with Gasteiger partial charge in [-0.25, -0.2) is 0 Å². The first-order valence-electron chi connectivity index (χ1n) is 6.60. The average molecular weight is 234 g/mol. The molecule has 0 heterocycles. The zero-order chi connectivity index (χ0) is 12.1. The second-order valence-electron chi connectivity index (χ2n) is 5.27. The van der Waals surface area contributed by atoms with Gasteiger partial charge in [0.15, 0.2) is 0 Å². The van der Waals surface area contributed by atoms with Gasteiger partial charge < -0.3 is 10.2 Å². The van der Waals surface area contributed by atoms with Crippen molar-refractivity contribution in [1.29, 1.82) is 0 Å². The first-order valence-corrected chi connectivity index (χ1v) is 6.60. The van der Waals surface area contributed by atoms with E-state index in [9.17, 15) is 10.2 Å². The molecule has 0 spiro atoms. The monoisotopic (exact) mass is 234 g/mol. The molecule has 0 aromatic heterocycles. The largest absolute Gasteiger partial charge is 0.396 e. The second kappa shape index (κ2) is 5.65. The standard InChI is InChI=1S/C15H22O2/c16-12-15(11-5-9-14(15)17)10-4-8-13-6-2-1-3-7-13/h1-3,6-7,14,16-17H,4-5,8-12H2. The summed E-state index contributed by atoms with van der Waals surface area (Å²) >= 11 is 0. The Bertz CT molecular complexity index is 336. The Morgan fingerprint density at radius 2 is 2.00 bits per heavy atom. The zero-order valence-electron chi connectivity index (χ0n) is 10.3. The van der Waals surface area contributed by atoms with E-state index in [0.717, 1.165) is 38.5 Å². The number of aliphatic hydroxyl groups is 2. The van der Waals surface area contributed by atoms with Crippen LogP contribution in [0.1, 0.15) is 37.7 Å². The number of aryl methyl sites for hydroxylation is 1. The normalized spacial score (nSPS) is 28.5. The highest BCUT2D eigenvalue weighted by molar-refractivity contribution is 5.14. The zero-order valence-corrected chi connectivity index (χ0v) is 10.3. The molecule has 0 radical (unpaired) electrons. The van der Waals surface area contributed by atoms with Crippen LogP contribution in [-0.2, 0) is 6.42 Å².